The van der Waals surface area contributed by atoms with E-state index in [9.17, 15) is 13.6 Å². The van der Waals surface area contributed by atoms with E-state index in [0.717, 1.165) is 83.9 Å². The summed E-state index contributed by atoms with van der Waals surface area (Å²) in [6.07, 6.45) is 5.00. The molecule has 40 heavy (non-hydrogen) atoms. The molecule has 1 aliphatic heterocycles. The lowest BCUT2D eigenvalue weighted by Crippen LogP contribution is -2.60. The molecule has 1 saturated heterocycles. The van der Waals surface area contributed by atoms with Crippen molar-refractivity contribution in [3.8, 4) is 0 Å². The van der Waals surface area contributed by atoms with Crippen LogP contribution in [0.4, 0.5) is 8.78 Å². The second-order valence-corrected chi connectivity index (χ2v) is 11.4. The Hall–Kier alpha value is -2.64. The molecule has 1 atom stereocenters. The zero-order valence-electron chi connectivity index (χ0n) is 22.5. The number of thiophene rings is 1. The SMILES string of the molecule is Cl.O=C=C(CCC[N+]1(CCOC(C2=CCC(F)(F)C=C2)c2ccccc2)CCNCC1)c1csc2ccccc12. The van der Waals surface area contributed by atoms with Crippen LogP contribution in [0.2, 0.25) is 0 Å². The Bertz CT molecular complexity index is 1380. The molecule has 5 rings (SSSR count). The highest BCUT2D eigenvalue weighted by atomic mass is 35.5. The Labute approximate surface area is 245 Å². The van der Waals surface area contributed by atoms with Gasteiger partial charge in [-0.1, -0.05) is 60.7 Å². The van der Waals surface area contributed by atoms with Crippen molar-refractivity contribution in [3.63, 3.8) is 0 Å². The topological polar surface area (TPSA) is 38.3 Å². The number of halogens is 3. The first kappa shape index (κ1) is 30.3. The maximum atomic E-state index is 13.8. The Balaban J connectivity index is 0.00000370. The van der Waals surface area contributed by atoms with Crippen LogP contribution in [0.3, 0.4) is 0 Å². The summed E-state index contributed by atoms with van der Waals surface area (Å²) >= 11 is 1.66. The average Bonchev–Trinajstić information content (AvgIpc) is 3.39. The molecular weight excluding hydrogens is 550 g/mol. The van der Waals surface area contributed by atoms with Crippen LogP contribution in [0.15, 0.2) is 83.8 Å². The quantitative estimate of drug-likeness (QED) is 0.194. The van der Waals surface area contributed by atoms with E-state index in [1.54, 1.807) is 17.4 Å². The number of hydrogen-bond donors (Lipinski definition) is 1. The number of carbonyl (C=O) groups excluding carboxylic acids is 1. The number of fused-ring (bicyclic) bond motifs is 1. The van der Waals surface area contributed by atoms with Crippen molar-refractivity contribution in [2.24, 2.45) is 0 Å². The van der Waals surface area contributed by atoms with Gasteiger partial charge in [-0.05, 0) is 29.7 Å². The molecule has 3 aromatic rings. The van der Waals surface area contributed by atoms with Crippen LogP contribution >= 0.6 is 23.7 Å². The molecule has 1 aromatic heterocycles. The van der Waals surface area contributed by atoms with E-state index in [4.69, 9.17) is 4.74 Å². The minimum Gasteiger partial charge on any atom is -0.363 e. The minimum atomic E-state index is -2.80. The third-order valence-corrected chi connectivity index (χ3v) is 8.86. The predicted molar refractivity (Wildman–Crippen MR) is 162 cm³/mol. The van der Waals surface area contributed by atoms with E-state index in [1.807, 2.05) is 42.5 Å². The summed E-state index contributed by atoms with van der Waals surface area (Å²) in [4.78, 5) is 11.9. The van der Waals surface area contributed by atoms with Gasteiger partial charge in [0.1, 0.15) is 18.6 Å². The molecule has 4 nitrogen and oxygen atoms in total. The average molecular weight is 586 g/mol. The largest absolute Gasteiger partial charge is 0.363 e. The number of quaternary nitrogens is 1. The number of benzene rings is 2. The summed E-state index contributed by atoms with van der Waals surface area (Å²) in [5.74, 6) is -0.572. The van der Waals surface area contributed by atoms with Crippen molar-refractivity contribution < 1.29 is 22.8 Å². The normalized spacial score (nSPS) is 18.4. The summed E-state index contributed by atoms with van der Waals surface area (Å²) in [6, 6.07) is 18.0. The fraction of sp³-hybridized carbons (Fsp3) is 0.375. The maximum Gasteiger partial charge on any atom is 0.270 e. The Morgan fingerprint density at radius 1 is 1.07 bits per heavy atom. The first-order chi connectivity index (χ1) is 19.0. The van der Waals surface area contributed by atoms with E-state index in [1.165, 1.54) is 10.8 Å². The molecule has 2 heterocycles. The van der Waals surface area contributed by atoms with Gasteiger partial charge in [-0.25, -0.2) is 13.6 Å². The van der Waals surface area contributed by atoms with Gasteiger partial charge >= 0.3 is 0 Å². The van der Waals surface area contributed by atoms with Gasteiger partial charge in [-0.3, -0.25) is 0 Å². The second-order valence-electron chi connectivity index (χ2n) is 10.5. The number of rotatable bonds is 11. The molecule has 2 aromatic carbocycles. The molecule has 1 aliphatic carbocycles. The molecule has 0 amide bonds. The van der Waals surface area contributed by atoms with Gasteiger partial charge in [0.05, 0.1) is 26.2 Å². The van der Waals surface area contributed by atoms with Crippen molar-refractivity contribution in [2.75, 3.05) is 45.9 Å². The second kappa shape index (κ2) is 13.8. The van der Waals surface area contributed by atoms with Crippen LogP contribution in [0, 0.1) is 0 Å². The lowest BCUT2D eigenvalue weighted by Gasteiger charge is -2.42. The van der Waals surface area contributed by atoms with Crippen molar-refractivity contribution in [1.82, 2.24) is 5.32 Å². The van der Waals surface area contributed by atoms with Gasteiger partial charge in [-0.2, -0.15) is 0 Å². The Kier molecular flexibility index (Phi) is 10.5. The maximum absolute atomic E-state index is 13.8. The van der Waals surface area contributed by atoms with Crippen molar-refractivity contribution >= 4 is 45.3 Å². The van der Waals surface area contributed by atoms with E-state index < -0.39 is 5.92 Å². The highest BCUT2D eigenvalue weighted by molar-refractivity contribution is 7.17. The highest BCUT2D eigenvalue weighted by Crippen LogP contribution is 2.35. The van der Waals surface area contributed by atoms with Crippen LogP contribution in [0.1, 0.15) is 36.5 Å². The van der Waals surface area contributed by atoms with Crippen LogP contribution in [0.25, 0.3) is 15.7 Å². The Morgan fingerprint density at radius 3 is 2.55 bits per heavy atom. The third-order valence-electron chi connectivity index (χ3n) is 7.90. The first-order valence-corrected chi connectivity index (χ1v) is 14.6. The van der Waals surface area contributed by atoms with Crippen LogP contribution < -0.4 is 5.32 Å². The van der Waals surface area contributed by atoms with E-state index in [2.05, 4.69) is 28.8 Å². The summed E-state index contributed by atoms with van der Waals surface area (Å²) < 4.78 is 36.1. The predicted octanol–water partition coefficient (Wildman–Crippen LogP) is 7.02. The number of allylic oxidation sites excluding steroid dienone is 3. The number of hydrogen-bond acceptors (Lipinski definition) is 4. The van der Waals surface area contributed by atoms with E-state index in [0.29, 0.717) is 13.0 Å². The Morgan fingerprint density at radius 2 is 1.82 bits per heavy atom. The number of alkyl halides is 2. The first-order valence-electron chi connectivity index (χ1n) is 13.7. The third kappa shape index (κ3) is 7.35. The molecule has 1 N–H and O–H groups in total. The fourth-order valence-electron chi connectivity index (χ4n) is 5.65. The molecular formula is C32H36ClF2N2O2S+. The number of nitrogens with zero attached hydrogens (tertiary/aromatic N) is 1. The van der Waals surface area contributed by atoms with Crippen LogP contribution in [0.5, 0.6) is 0 Å². The molecule has 0 radical (unpaired) electrons. The summed E-state index contributed by atoms with van der Waals surface area (Å²) in [5, 5.41) is 6.66. The van der Waals surface area contributed by atoms with E-state index in [-0.39, 0.29) is 24.9 Å². The zero-order valence-corrected chi connectivity index (χ0v) is 24.1. The van der Waals surface area contributed by atoms with Gasteiger partial charge in [0.25, 0.3) is 5.92 Å². The van der Waals surface area contributed by atoms with Crippen LogP contribution in [-0.2, 0) is 9.53 Å². The number of nitrogens with one attached hydrogen (secondary N) is 1. The number of ether oxygens (including phenoxy) is 1. The smallest absolute Gasteiger partial charge is 0.270 e. The van der Waals surface area contributed by atoms with Gasteiger partial charge in [0.2, 0.25) is 0 Å². The number of piperazine rings is 1. The molecule has 1 unspecified atom stereocenters. The van der Waals surface area contributed by atoms with Gasteiger partial charge < -0.3 is 14.5 Å². The van der Waals surface area contributed by atoms with Crippen molar-refractivity contribution in [3.05, 3.63) is 94.9 Å². The molecule has 0 bridgehead atoms. The molecule has 8 heteroatoms. The van der Waals surface area contributed by atoms with Crippen molar-refractivity contribution in [1.29, 1.82) is 0 Å². The van der Waals surface area contributed by atoms with Gasteiger partial charge in [0.15, 0.2) is 0 Å². The summed E-state index contributed by atoms with van der Waals surface area (Å²) in [7, 11) is 0. The standard InChI is InChI=1S/C32H35F2N2O2S.ClH/c33-32(34)14-12-26(13-15-32)31(25-7-2-1-3-8-25)38-22-21-36(19-16-35-17-20-36)18-6-9-27(23-37)29-24-39-30-11-5-4-10-28(29)30;/h1-5,7-8,10-14,24,31,35H,6,9,15-22H2;1H/q+1;. The lowest BCUT2D eigenvalue weighted by atomic mass is 9.95. The van der Waals surface area contributed by atoms with Gasteiger partial charge in [0, 0.05) is 52.5 Å². The molecule has 1 fully saturated rings. The monoisotopic (exact) mass is 585 g/mol. The molecule has 0 saturated carbocycles. The molecule has 2 aliphatic rings. The fourth-order valence-corrected chi connectivity index (χ4v) is 6.63. The zero-order chi connectivity index (χ0) is 27.1. The summed E-state index contributed by atoms with van der Waals surface area (Å²) in [5.41, 5.74) is 3.50. The van der Waals surface area contributed by atoms with Crippen molar-refractivity contribution in [2.45, 2.75) is 31.3 Å². The molecule has 212 valence electrons. The van der Waals surface area contributed by atoms with Gasteiger partial charge in [-0.15, -0.1) is 23.7 Å². The molecule has 0 spiro atoms. The van der Waals surface area contributed by atoms with E-state index >= 15 is 0 Å². The minimum absolute atomic E-state index is 0. The highest BCUT2D eigenvalue weighted by Gasteiger charge is 2.32. The van der Waals surface area contributed by atoms with Crippen LogP contribution in [-0.4, -0.2) is 62.2 Å². The summed E-state index contributed by atoms with van der Waals surface area (Å²) in [6.45, 7) is 6.17. The lowest BCUT2D eigenvalue weighted by molar-refractivity contribution is -0.930.